The molecule has 2 heterocycles. The van der Waals surface area contributed by atoms with E-state index in [1.165, 1.54) is 0 Å². The molecule has 3 rings (SSSR count). The number of furan rings is 1. The fourth-order valence-corrected chi connectivity index (χ4v) is 1.58. The van der Waals surface area contributed by atoms with Gasteiger partial charge in [-0.25, -0.2) is 4.98 Å². The predicted molar refractivity (Wildman–Crippen MR) is 53.3 cm³/mol. The van der Waals surface area contributed by atoms with Crippen LogP contribution in [-0.2, 0) is 0 Å². The molecular formula is C11H8N2O. The van der Waals surface area contributed by atoms with Crippen molar-refractivity contribution in [3.05, 3.63) is 49.2 Å². The number of rotatable bonds is 1. The molecule has 0 aliphatic carbocycles. The third-order valence-corrected chi connectivity index (χ3v) is 2.24. The molecule has 0 aliphatic rings. The highest BCUT2D eigenvalue weighted by Gasteiger charge is 2.04. The molecule has 0 aliphatic heterocycles. The molecule has 2 aromatic heterocycles. The first-order valence-corrected chi connectivity index (χ1v) is 4.40. The van der Waals surface area contributed by atoms with Crippen molar-refractivity contribution in [2.24, 2.45) is 0 Å². The van der Waals surface area contributed by atoms with Crippen molar-refractivity contribution in [1.82, 2.24) is 9.55 Å². The first-order chi connectivity index (χ1) is 6.95. The van der Waals surface area contributed by atoms with Crippen LogP contribution in [0, 0.1) is 0 Å². The Bertz CT molecular complexity index is 551. The first kappa shape index (κ1) is 7.38. The van der Waals surface area contributed by atoms with Crippen LogP contribution in [0.3, 0.4) is 0 Å². The summed E-state index contributed by atoms with van der Waals surface area (Å²) in [6.07, 6.45) is 7.11. The highest BCUT2D eigenvalue weighted by Crippen LogP contribution is 2.22. The van der Waals surface area contributed by atoms with E-state index < -0.39 is 0 Å². The molecule has 68 valence electrons. The van der Waals surface area contributed by atoms with E-state index in [-0.39, 0.29) is 0 Å². The SMILES string of the molecule is c1cc(-n2ccnc2)c2occc2c1. The highest BCUT2D eigenvalue weighted by molar-refractivity contribution is 5.84. The smallest absolute Gasteiger partial charge is 0.157 e. The number of para-hydroxylation sites is 1. The number of benzene rings is 1. The molecule has 3 aromatic rings. The van der Waals surface area contributed by atoms with Crippen LogP contribution in [0.25, 0.3) is 16.7 Å². The van der Waals surface area contributed by atoms with E-state index in [9.17, 15) is 0 Å². The van der Waals surface area contributed by atoms with Crippen molar-refractivity contribution in [1.29, 1.82) is 0 Å². The summed E-state index contributed by atoms with van der Waals surface area (Å²) in [5.41, 5.74) is 1.91. The quantitative estimate of drug-likeness (QED) is 0.582. The summed E-state index contributed by atoms with van der Waals surface area (Å²) < 4.78 is 7.36. The number of nitrogens with zero attached hydrogens (tertiary/aromatic N) is 2. The Hall–Kier alpha value is -2.03. The fraction of sp³-hybridized carbons (Fsp3) is 0. The fourth-order valence-electron chi connectivity index (χ4n) is 1.58. The van der Waals surface area contributed by atoms with Gasteiger partial charge in [-0.1, -0.05) is 12.1 Å². The van der Waals surface area contributed by atoms with Gasteiger partial charge in [-0.2, -0.15) is 0 Å². The summed E-state index contributed by atoms with van der Waals surface area (Å²) in [7, 11) is 0. The van der Waals surface area contributed by atoms with Gasteiger partial charge in [0.25, 0.3) is 0 Å². The maximum absolute atomic E-state index is 5.42. The van der Waals surface area contributed by atoms with Gasteiger partial charge in [0, 0.05) is 17.8 Å². The number of aromatic nitrogens is 2. The predicted octanol–water partition coefficient (Wildman–Crippen LogP) is 2.62. The monoisotopic (exact) mass is 184 g/mol. The molecule has 0 unspecified atom stereocenters. The minimum Gasteiger partial charge on any atom is -0.462 e. The van der Waals surface area contributed by atoms with Crippen molar-refractivity contribution in [3.8, 4) is 5.69 Å². The van der Waals surface area contributed by atoms with Crippen molar-refractivity contribution in [3.63, 3.8) is 0 Å². The second-order valence-electron chi connectivity index (χ2n) is 3.09. The van der Waals surface area contributed by atoms with Gasteiger partial charge in [0.2, 0.25) is 0 Å². The van der Waals surface area contributed by atoms with Crippen LogP contribution < -0.4 is 0 Å². The molecule has 0 atom stereocenters. The largest absolute Gasteiger partial charge is 0.462 e. The maximum atomic E-state index is 5.42. The van der Waals surface area contributed by atoms with Gasteiger partial charge in [-0.3, -0.25) is 0 Å². The van der Waals surface area contributed by atoms with Crippen LogP contribution in [0.2, 0.25) is 0 Å². The zero-order valence-corrected chi connectivity index (χ0v) is 7.42. The van der Waals surface area contributed by atoms with Crippen molar-refractivity contribution >= 4 is 11.0 Å². The molecule has 0 radical (unpaired) electrons. The lowest BCUT2D eigenvalue weighted by atomic mass is 10.2. The van der Waals surface area contributed by atoms with E-state index in [4.69, 9.17) is 4.42 Å². The summed E-state index contributed by atoms with van der Waals surface area (Å²) in [4.78, 5) is 4.01. The standard InChI is InChI=1S/C11H8N2O/c1-2-9-4-7-14-11(9)10(3-1)13-6-5-12-8-13/h1-8H. The van der Waals surface area contributed by atoms with Crippen LogP contribution in [0.15, 0.2) is 53.7 Å². The van der Waals surface area contributed by atoms with Crippen LogP contribution >= 0.6 is 0 Å². The van der Waals surface area contributed by atoms with E-state index in [0.717, 1.165) is 16.7 Å². The van der Waals surface area contributed by atoms with Gasteiger partial charge in [-0.05, 0) is 12.1 Å². The van der Waals surface area contributed by atoms with E-state index in [1.807, 2.05) is 35.0 Å². The molecular weight excluding hydrogens is 176 g/mol. The third-order valence-electron chi connectivity index (χ3n) is 2.24. The number of hydrogen-bond donors (Lipinski definition) is 0. The molecule has 0 saturated carbocycles. The number of imidazole rings is 1. The number of hydrogen-bond acceptors (Lipinski definition) is 2. The van der Waals surface area contributed by atoms with E-state index in [0.29, 0.717) is 0 Å². The van der Waals surface area contributed by atoms with Crippen LogP contribution in [0.5, 0.6) is 0 Å². The second-order valence-corrected chi connectivity index (χ2v) is 3.09. The Morgan fingerprint density at radius 2 is 2.21 bits per heavy atom. The number of fused-ring (bicyclic) bond motifs is 1. The minimum absolute atomic E-state index is 0.894. The highest BCUT2D eigenvalue weighted by atomic mass is 16.3. The Labute approximate surface area is 80.6 Å². The summed E-state index contributed by atoms with van der Waals surface area (Å²) >= 11 is 0. The maximum Gasteiger partial charge on any atom is 0.157 e. The van der Waals surface area contributed by atoms with E-state index >= 15 is 0 Å². The Morgan fingerprint density at radius 1 is 1.21 bits per heavy atom. The van der Waals surface area contributed by atoms with Gasteiger partial charge in [0.05, 0.1) is 18.3 Å². The molecule has 0 saturated heterocycles. The average Bonchev–Trinajstić information content (AvgIpc) is 2.88. The molecule has 3 nitrogen and oxygen atoms in total. The van der Waals surface area contributed by atoms with Gasteiger partial charge >= 0.3 is 0 Å². The summed E-state index contributed by atoms with van der Waals surface area (Å²) in [5.74, 6) is 0. The molecule has 0 spiro atoms. The summed E-state index contributed by atoms with van der Waals surface area (Å²) in [5, 5.41) is 1.11. The van der Waals surface area contributed by atoms with E-state index in [1.54, 1.807) is 18.8 Å². The van der Waals surface area contributed by atoms with Crippen molar-refractivity contribution in [2.45, 2.75) is 0 Å². The van der Waals surface area contributed by atoms with Crippen LogP contribution in [0.1, 0.15) is 0 Å². The molecule has 3 heteroatoms. The zero-order chi connectivity index (χ0) is 9.38. The normalized spacial score (nSPS) is 10.9. The van der Waals surface area contributed by atoms with Crippen LogP contribution in [-0.4, -0.2) is 9.55 Å². The zero-order valence-electron chi connectivity index (χ0n) is 7.42. The topological polar surface area (TPSA) is 31.0 Å². The van der Waals surface area contributed by atoms with Gasteiger partial charge in [-0.15, -0.1) is 0 Å². The molecule has 0 bridgehead atoms. The molecule has 0 fully saturated rings. The molecule has 0 N–H and O–H groups in total. The Kier molecular flexibility index (Phi) is 1.44. The molecule has 0 amide bonds. The Balaban J connectivity index is 2.36. The van der Waals surface area contributed by atoms with Crippen molar-refractivity contribution in [2.75, 3.05) is 0 Å². The van der Waals surface area contributed by atoms with Crippen molar-refractivity contribution < 1.29 is 4.42 Å². The van der Waals surface area contributed by atoms with Crippen LogP contribution in [0.4, 0.5) is 0 Å². The summed E-state index contributed by atoms with van der Waals surface area (Å²) in [6.45, 7) is 0. The summed E-state index contributed by atoms with van der Waals surface area (Å²) in [6, 6.07) is 8.00. The molecule has 14 heavy (non-hydrogen) atoms. The lowest BCUT2D eigenvalue weighted by Gasteiger charge is -2.01. The lowest BCUT2D eigenvalue weighted by molar-refractivity contribution is 0.613. The average molecular weight is 184 g/mol. The minimum atomic E-state index is 0.894. The van der Waals surface area contributed by atoms with Gasteiger partial charge in [0.1, 0.15) is 0 Å². The second kappa shape index (κ2) is 2.73. The molecule has 1 aromatic carbocycles. The first-order valence-electron chi connectivity index (χ1n) is 4.40. The third kappa shape index (κ3) is 0.956. The Morgan fingerprint density at radius 3 is 3.07 bits per heavy atom. The van der Waals surface area contributed by atoms with E-state index in [2.05, 4.69) is 4.98 Å². The van der Waals surface area contributed by atoms with Gasteiger partial charge < -0.3 is 8.98 Å². The van der Waals surface area contributed by atoms with Gasteiger partial charge in [0.15, 0.2) is 5.58 Å². The lowest BCUT2D eigenvalue weighted by Crippen LogP contribution is -1.89.